The zero-order chi connectivity index (χ0) is 13.0. The second-order valence-electron chi connectivity index (χ2n) is 3.46. The maximum atomic E-state index is 11.7. The van der Waals surface area contributed by atoms with Crippen LogP contribution in [-0.4, -0.2) is 22.4 Å². The van der Waals surface area contributed by atoms with Gasteiger partial charge < -0.3 is 9.58 Å². The number of esters is 1. The van der Waals surface area contributed by atoms with E-state index < -0.39 is 5.97 Å². The lowest BCUT2D eigenvalue weighted by Crippen LogP contribution is -2.04. The molecule has 2 aromatic rings. The molecule has 90 valence electrons. The number of nitrogens with zero attached hydrogens (tertiary/aromatic N) is 3. The number of aromatic nitrogens is 2. The van der Waals surface area contributed by atoms with Crippen LogP contribution in [0.5, 0.6) is 0 Å². The molecule has 1 heterocycles. The number of hydrogen-bond acceptors (Lipinski definition) is 3. The molecule has 1 aromatic carbocycles. The van der Waals surface area contributed by atoms with Crippen molar-refractivity contribution in [3.63, 3.8) is 0 Å². The Hall–Kier alpha value is -2.61. The minimum absolute atomic E-state index is 0.166. The Labute approximate surface area is 104 Å². The number of para-hydroxylation sites is 1. The second-order valence-corrected chi connectivity index (χ2v) is 3.46. The first kappa shape index (κ1) is 11.9. The number of rotatable bonds is 3. The topological polar surface area (TPSA) is 48.5 Å². The molecule has 0 saturated carbocycles. The minimum Gasteiger partial charge on any atom is -0.463 e. The van der Waals surface area contributed by atoms with Crippen LogP contribution < -0.4 is 0 Å². The largest absolute Gasteiger partial charge is 0.463 e. The van der Waals surface area contributed by atoms with Crippen molar-refractivity contribution in [2.75, 3.05) is 6.61 Å². The van der Waals surface area contributed by atoms with Crippen LogP contribution in [0.3, 0.4) is 0 Å². The van der Waals surface area contributed by atoms with Crippen LogP contribution in [0, 0.1) is 6.57 Å². The summed E-state index contributed by atoms with van der Waals surface area (Å²) in [6.45, 7) is 9.16. The number of benzene rings is 1. The number of carbonyl (C=O) groups is 1. The molecule has 0 atom stereocenters. The van der Waals surface area contributed by atoms with Gasteiger partial charge in [0, 0.05) is 0 Å². The lowest BCUT2D eigenvalue weighted by Gasteiger charge is -2.01. The Bertz CT molecular complexity index is 596. The molecule has 0 aliphatic carbocycles. The number of hydrogen-bond donors (Lipinski definition) is 0. The van der Waals surface area contributed by atoms with Gasteiger partial charge in [0.2, 0.25) is 0 Å². The third-order valence-corrected chi connectivity index (χ3v) is 2.35. The van der Waals surface area contributed by atoms with Gasteiger partial charge in [0.15, 0.2) is 0 Å². The molecule has 0 unspecified atom stereocenters. The Balaban J connectivity index is 2.47. The van der Waals surface area contributed by atoms with E-state index in [0.29, 0.717) is 0 Å². The molecule has 18 heavy (non-hydrogen) atoms. The summed E-state index contributed by atoms with van der Waals surface area (Å²) in [5.74, 6) is -0.356. The third-order valence-electron chi connectivity index (χ3n) is 2.35. The average Bonchev–Trinajstić information content (AvgIpc) is 2.83. The first-order valence-corrected chi connectivity index (χ1v) is 5.46. The molecule has 0 N–H and O–H groups in total. The van der Waals surface area contributed by atoms with Crippen LogP contribution in [0.1, 0.15) is 17.3 Å². The van der Waals surface area contributed by atoms with E-state index in [1.54, 1.807) is 6.92 Å². The SMILES string of the molecule is [C-]#[N+]c1c(C(=O)OCC)cnn1-c1ccccc1. The van der Waals surface area contributed by atoms with Gasteiger partial charge in [0.1, 0.15) is 11.3 Å². The van der Waals surface area contributed by atoms with Crippen molar-refractivity contribution < 1.29 is 9.53 Å². The van der Waals surface area contributed by atoms with Gasteiger partial charge in [-0.15, -0.1) is 5.10 Å². The highest BCUT2D eigenvalue weighted by molar-refractivity contribution is 5.95. The van der Waals surface area contributed by atoms with E-state index in [1.807, 2.05) is 30.3 Å². The van der Waals surface area contributed by atoms with Crippen LogP contribution in [0.25, 0.3) is 10.5 Å². The normalized spacial score (nSPS) is 9.78. The van der Waals surface area contributed by atoms with Gasteiger partial charge in [-0.1, -0.05) is 24.8 Å². The van der Waals surface area contributed by atoms with E-state index in [4.69, 9.17) is 11.3 Å². The monoisotopic (exact) mass is 241 g/mol. The smallest absolute Gasteiger partial charge is 0.330 e. The summed E-state index contributed by atoms with van der Waals surface area (Å²) in [7, 11) is 0. The summed E-state index contributed by atoms with van der Waals surface area (Å²) >= 11 is 0. The second kappa shape index (κ2) is 5.15. The Morgan fingerprint density at radius 2 is 2.17 bits per heavy atom. The lowest BCUT2D eigenvalue weighted by molar-refractivity contribution is 0.0527. The molecular formula is C13H11N3O2. The van der Waals surface area contributed by atoms with Crippen molar-refractivity contribution in [1.82, 2.24) is 9.78 Å². The highest BCUT2D eigenvalue weighted by Gasteiger charge is 2.20. The zero-order valence-electron chi connectivity index (χ0n) is 9.83. The van der Waals surface area contributed by atoms with Crippen LogP contribution in [-0.2, 0) is 4.74 Å². The molecule has 5 nitrogen and oxygen atoms in total. The fourth-order valence-corrected chi connectivity index (χ4v) is 1.56. The molecule has 0 spiro atoms. The van der Waals surface area contributed by atoms with E-state index in [-0.39, 0.29) is 18.0 Å². The van der Waals surface area contributed by atoms with Crippen molar-refractivity contribution in [2.45, 2.75) is 6.92 Å². The van der Waals surface area contributed by atoms with E-state index >= 15 is 0 Å². The van der Waals surface area contributed by atoms with Crippen LogP contribution in [0.4, 0.5) is 5.82 Å². The predicted molar refractivity (Wildman–Crippen MR) is 65.8 cm³/mol. The molecule has 0 amide bonds. The van der Waals surface area contributed by atoms with E-state index in [0.717, 1.165) is 5.69 Å². The van der Waals surface area contributed by atoms with Crippen LogP contribution in [0.2, 0.25) is 0 Å². The van der Waals surface area contributed by atoms with Gasteiger partial charge in [0.25, 0.3) is 5.82 Å². The molecule has 2 rings (SSSR count). The fraction of sp³-hybridized carbons (Fsp3) is 0.154. The van der Waals surface area contributed by atoms with Crippen molar-refractivity contribution in [1.29, 1.82) is 0 Å². The lowest BCUT2D eigenvalue weighted by atomic mass is 10.3. The Kier molecular flexibility index (Phi) is 3.39. The van der Waals surface area contributed by atoms with Gasteiger partial charge in [-0.25, -0.2) is 4.79 Å². The first-order chi connectivity index (χ1) is 8.77. The summed E-state index contributed by atoms with van der Waals surface area (Å²) in [4.78, 5) is 15.0. The molecule has 0 radical (unpaired) electrons. The highest BCUT2D eigenvalue weighted by Crippen LogP contribution is 2.23. The van der Waals surface area contributed by atoms with Crippen LogP contribution in [0.15, 0.2) is 36.5 Å². The maximum absolute atomic E-state index is 11.7. The van der Waals surface area contributed by atoms with Crippen molar-refractivity contribution in [3.8, 4) is 5.69 Å². The Morgan fingerprint density at radius 3 is 2.78 bits per heavy atom. The van der Waals surface area contributed by atoms with Crippen molar-refractivity contribution in [3.05, 3.63) is 53.5 Å². The highest BCUT2D eigenvalue weighted by atomic mass is 16.5. The molecule has 5 heteroatoms. The molecule has 0 aliphatic rings. The molecule has 0 saturated heterocycles. The number of carbonyl (C=O) groups excluding carboxylic acids is 1. The van der Waals surface area contributed by atoms with Gasteiger partial charge in [0.05, 0.1) is 12.8 Å². The van der Waals surface area contributed by atoms with Gasteiger partial charge >= 0.3 is 5.97 Å². The minimum atomic E-state index is -0.523. The number of ether oxygens (including phenoxy) is 1. The van der Waals surface area contributed by atoms with Crippen molar-refractivity contribution >= 4 is 11.8 Å². The quantitative estimate of drug-likeness (QED) is 0.613. The van der Waals surface area contributed by atoms with Gasteiger partial charge in [-0.2, -0.15) is 4.68 Å². The molecule has 0 bridgehead atoms. The first-order valence-electron chi connectivity index (χ1n) is 5.46. The third kappa shape index (κ3) is 2.09. The van der Waals surface area contributed by atoms with Gasteiger partial charge in [-0.05, 0) is 19.1 Å². The van der Waals surface area contributed by atoms with Crippen LogP contribution >= 0.6 is 0 Å². The molecular weight excluding hydrogens is 230 g/mol. The summed E-state index contributed by atoms with van der Waals surface area (Å²) < 4.78 is 6.31. The molecule has 0 aliphatic heterocycles. The zero-order valence-corrected chi connectivity index (χ0v) is 9.83. The fourth-order valence-electron chi connectivity index (χ4n) is 1.56. The standard InChI is InChI=1S/C13H11N3O2/c1-3-18-13(17)11-9-15-16(12(11)14-2)10-7-5-4-6-8-10/h4-9H,3H2,1H3. The molecule has 0 fully saturated rings. The predicted octanol–water partition coefficient (Wildman–Crippen LogP) is 2.60. The van der Waals surface area contributed by atoms with E-state index in [9.17, 15) is 4.79 Å². The maximum Gasteiger partial charge on any atom is 0.330 e. The summed E-state index contributed by atoms with van der Waals surface area (Å²) in [6.07, 6.45) is 1.36. The Morgan fingerprint density at radius 1 is 1.44 bits per heavy atom. The summed E-state index contributed by atoms with van der Waals surface area (Å²) in [6, 6.07) is 9.19. The summed E-state index contributed by atoms with van der Waals surface area (Å²) in [5, 5.41) is 4.06. The van der Waals surface area contributed by atoms with Crippen molar-refractivity contribution in [2.24, 2.45) is 0 Å². The summed E-state index contributed by atoms with van der Waals surface area (Å²) in [5.41, 5.74) is 0.926. The van der Waals surface area contributed by atoms with E-state index in [2.05, 4.69) is 9.94 Å². The average molecular weight is 241 g/mol. The van der Waals surface area contributed by atoms with Gasteiger partial charge in [-0.3, -0.25) is 0 Å². The van der Waals surface area contributed by atoms with E-state index in [1.165, 1.54) is 10.9 Å². The molecule has 1 aromatic heterocycles.